The van der Waals surface area contributed by atoms with E-state index in [4.69, 9.17) is 37.0 Å². The van der Waals surface area contributed by atoms with Crippen molar-refractivity contribution in [3.8, 4) is 0 Å². The zero-order valence-electron chi connectivity index (χ0n) is 64.1. The van der Waals surface area contributed by atoms with Gasteiger partial charge in [0.1, 0.15) is 19.3 Å². The first kappa shape index (κ1) is 96.5. The molecule has 3 N–H and O–H groups in total. The highest BCUT2D eigenvalue weighted by atomic mass is 31.2. The van der Waals surface area contributed by atoms with Gasteiger partial charge in [-0.3, -0.25) is 37.3 Å². The van der Waals surface area contributed by atoms with Gasteiger partial charge in [-0.15, -0.1) is 0 Å². The maximum atomic E-state index is 13.1. The molecule has 0 heterocycles. The van der Waals surface area contributed by atoms with Gasteiger partial charge in [0.05, 0.1) is 26.4 Å². The van der Waals surface area contributed by atoms with E-state index in [2.05, 4.69) is 58.9 Å². The van der Waals surface area contributed by atoms with Crippen molar-refractivity contribution in [2.75, 3.05) is 39.6 Å². The van der Waals surface area contributed by atoms with Gasteiger partial charge in [-0.1, -0.05) is 348 Å². The summed E-state index contributed by atoms with van der Waals surface area (Å²) in [5, 5.41) is 10.6. The van der Waals surface area contributed by atoms with Crippen molar-refractivity contribution in [1.29, 1.82) is 0 Å². The molecule has 0 saturated carbocycles. The number of aliphatic hydroxyl groups is 1. The van der Waals surface area contributed by atoms with Gasteiger partial charge >= 0.3 is 39.5 Å². The molecule has 17 nitrogen and oxygen atoms in total. The van der Waals surface area contributed by atoms with E-state index in [1.807, 2.05) is 0 Å². The van der Waals surface area contributed by atoms with Gasteiger partial charge < -0.3 is 33.8 Å². The largest absolute Gasteiger partial charge is 0.472 e. The second kappa shape index (κ2) is 72.5. The summed E-state index contributed by atoms with van der Waals surface area (Å²) in [5.74, 6) is -1.47. The number of hydrogen-bond donors (Lipinski definition) is 3. The van der Waals surface area contributed by atoms with Crippen molar-refractivity contribution in [3.05, 3.63) is 24.3 Å². The van der Waals surface area contributed by atoms with Crippen molar-refractivity contribution in [1.82, 2.24) is 0 Å². The van der Waals surface area contributed by atoms with Crippen LogP contribution in [0.4, 0.5) is 0 Å². The number of carbonyl (C=O) groups excluding carboxylic acids is 4. The molecule has 99 heavy (non-hydrogen) atoms. The SMILES string of the molecule is CCCCCC/C=C\C=C/CCCCCCCC(=O)O[C@H](COC(=O)CCCCCCCCC(C)C)COP(=O)(O)OC[C@H](O)COP(=O)(O)OC[C@@H](COC(=O)CCCCCCCCCCCCCCCCCC)OC(=O)CCCCCCCCCCCCCCCCCCCCC. The molecule has 0 rings (SSSR count). The second-order valence-electron chi connectivity index (χ2n) is 28.6. The summed E-state index contributed by atoms with van der Waals surface area (Å²) < 4.78 is 68.6. The molecule has 0 bridgehead atoms. The number of aliphatic hydroxyl groups excluding tert-OH is 1. The van der Waals surface area contributed by atoms with Gasteiger partial charge in [-0.25, -0.2) is 9.13 Å². The van der Waals surface area contributed by atoms with Gasteiger partial charge in [0.2, 0.25) is 0 Å². The number of ether oxygens (including phenoxy) is 4. The maximum absolute atomic E-state index is 13.1. The third-order valence-electron chi connectivity index (χ3n) is 18.2. The van der Waals surface area contributed by atoms with Crippen molar-refractivity contribution in [3.63, 3.8) is 0 Å². The molecule has 0 radical (unpaired) electrons. The highest BCUT2D eigenvalue weighted by Crippen LogP contribution is 2.45. The molecule has 0 aromatic carbocycles. The van der Waals surface area contributed by atoms with Crippen LogP contribution < -0.4 is 0 Å². The van der Waals surface area contributed by atoms with E-state index in [9.17, 15) is 43.2 Å². The van der Waals surface area contributed by atoms with Crippen LogP contribution in [0.3, 0.4) is 0 Å². The predicted octanol–water partition coefficient (Wildman–Crippen LogP) is 23.6. The lowest BCUT2D eigenvalue weighted by Gasteiger charge is -2.21. The topological polar surface area (TPSA) is 237 Å². The summed E-state index contributed by atoms with van der Waals surface area (Å²) in [7, 11) is -9.93. The Kier molecular flexibility index (Phi) is 70.7. The van der Waals surface area contributed by atoms with Crippen molar-refractivity contribution in [2.24, 2.45) is 5.92 Å². The van der Waals surface area contributed by atoms with E-state index in [-0.39, 0.29) is 25.7 Å². The minimum atomic E-state index is -4.96. The van der Waals surface area contributed by atoms with Crippen LogP contribution in [0.2, 0.25) is 0 Å². The molecule has 0 aromatic heterocycles. The Bertz CT molecular complexity index is 1990. The first-order chi connectivity index (χ1) is 48.0. The lowest BCUT2D eigenvalue weighted by atomic mass is 10.0. The molecule has 2 unspecified atom stereocenters. The van der Waals surface area contributed by atoms with Crippen LogP contribution in [0.25, 0.3) is 0 Å². The molecule has 0 aromatic rings. The summed E-state index contributed by atoms with van der Waals surface area (Å²) in [6, 6.07) is 0. The number of rotatable bonds is 78. The molecule has 0 amide bonds. The summed E-state index contributed by atoms with van der Waals surface area (Å²) >= 11 is 0. The van der Waals surface area contributed by atoms with Crippen LogP contribution in [0.15, 0.2) is 24.3 Å². The Hall–Kier alpha value is -2.46. The van der Waals surface area contributed by atoms with E-state index >= 15 is 0 Å². The van der Waals surface area contributed by atoms with Crippen LogP contribution in [0.5, 0.6) is 0 Å². The van der Waals surface area contributed by atoms with Gasteiger partial charge in [0, 0.05) is 25.7 Å². The van der Waals surface area contributed by atoms with E-state index in [1.54, 1.807) is 0 Å². The fourth-order valence-electron chi connectivity index (χ4n) is 11.9. The summed E-state index contributed by atoms with van der Waals surface area (Å²) in [6.45, 7) is 7.17. The molecule has 5 atom stereocenters. The quantitative estimate of drug-likeness (QED) is 0.0169. The Morgan fingerprint density at radius 1 is 0.313 bits per heavy atom. The Morgan fingerprint density at radius 2 is 0.545 bits per heavy atom. The summed E-state index contributed by atoms with van der Waals surface area (Å²) in [6.07, 6.45) is 66.2. The molecule has 0 aliphatic carbocycles. The zero-order chi connectivity index (χ0) is 72.7. The fourth-order valence-corrected chi connectivity index (χ4v) is 13.4. The zero-order valence-corrected chi connectivity index (χ0v) is 65.9. The average molecular weight is 1450 g/mol. The number of allylic oxidation sites excluding steroid dienone is 4. The van der Waals surface area contributed by atoms with Gasteiger partial charge in [0.25, 0.3) is 0 Å². The molecule has 0 saturated heterocycles. The summed E-state index contributed by atoms with van der Waals surface area (Å²) in [4.78, 5) is 72.9. The number of phosphoric ester groups is 2. The molecule has 0 fully saturated rings. The monoisotopic (exact) mass is 1450 g/mol. The number of unbranched alkanes of at least 4 members (excludes halogenated alkanes) is 47. The van der Waals surface area contributed by atoms with Crippen LogP contribution in [0, 0.1) is 5.92 Å². The highest BCUT2D eigenvalue weighted by Gasteiger charge is 2.30. The highest BCUT2D eigenvalue weighted by molar-refractivity contribution is 7.47. The van der Waals surface area contributed by atoms with Crippen LogP contribution in [-0.4, -0.2) is 96.7 Å². The van der Waals surface area contributed by atoms with Crippen molar-refractivity contribution < 1.29 is 80.2 Å². The molecule has 584 valence electrons. The molecule has 19 heteroatoms. The summed E-state index contributed by atoms with van der Waals surface area (Å²) in [5.41, 5.74) is 0. The fraction of sp³-hybridized carbons (Fsp3) is 0.900. The third kappa shape index (κ3) is 73.6. The first-order valence-electron chi connectivity index (χ1n) is 41.0. The van der Waals surface area contributed by atoms with E-state index in [0.717, 1.165) is 109 Å². The van der Waals surface area contributed by atoms with Gasteiger partial charge in [0.15, 0.2) is 12.2 Å². The van der Waals surface area contributed by atoms with E-state index in [0.29, 0.717) is 31.6 Å². The molecular formula is C80H152O17P2. The molecule has 0 spiro atoms. The predicted molar refractivity (Wildman–Crippen MR) is 404 cm³/mol. The van der Waals surface area contributed by atoms with E-state index < -0.39 is 97.5 Å². The van der Waals surface area contributed by atoms with Crippen molar-refractivity contribution in [2.45, 2.75) is 419 Å². The molecule has 0 aliphatic rings. The van der Waals surface area contributed by atoms with Gasteiger partial charge in [-0.2, -0.15) is 0 Å². The van der Waals surface area contributed by atoms with Crippen LogP contribution >= 0.6 is 15.6 Å². The Balaban J connectivity index is 5.25. The maximum Gasteiger partial charge on any atom is 0.472 e. The van der Waals surface area contributed by atoms with Crippen LogP contribution in [0.1, 0.15) is 401 Å². The molecule has 0 aliphatic heterocycles. The Labute approximate surface area is 605 Å². The third-order valence-corrected chi connectivity index (χ3v) is 20.1. The first-order valence-corrected chi connectivity index (χ1v) is 43.9. The minimum absolute atomic E-state index is 0.0844. The number of phosphoric acid groups is 2. The lowest BCUT2D eigenvalue weighted by Crippen LogP contribution is -2.30. The number of carbonyl (C=O) groups is 4. The Morgan fingerprint density at radius 3 is 0.828 bits per heavy atom. The smallest absolute Gasteiger partial charge is 0.462 e. The van der Waals surface area contributed by atoms with Gasteiger partial charge in [-0.05, 0) is 57.3 Å². The average Bonchev–Trinajstić information content (AvgIpc) is 1.08. The molecular weight excluding hydrogens is 1290 g/mol. The number of esters is 4. The van der Waals surface area contributed by atoms with Crippen molar-refractivity contribution >= 4 is 39.5 Å². The second-order valence-corrected chi connectivity index (χ2v) is 31.5. The normalized spacial score (nSPS) is 14.0. The standard InChI is InChI=1S/C80H152O17P2/c1-6-9-12-15-18-21-24-27-30-32-33-34-37-40-43-46-49-56-61-65-79(84)96-75(69-90-77(82)63-58-53-47-44-41-38-36-31-28-25-22-19-16-13-10-7-2)71-94-98(86,87)92-67-74(81)68-93-99(88,89)95-72-76(70-91-78(83)64-59-54-51-50-52-57-62-73(4)5)97-80(85)66-60-55-48-45-42-39-35-29-26-23-20-17-14-11-8-3/h23,26,29,35,73-76,81H,6-22,24-25,27-28,30-34,36-72H2,1-5H3,(H,86,87)(H,88,89)/b26-23-,35-29-/t74-,75-,76-/m1/s1. The number of hydrogen-bond acceptors (Lipinski definition) is 15. The lowest BCUT2D eigenvalue weighted by molar-refractivity contribution is -0.161. The van der Waals surface area contributed by atoms with Crippen LogP contribution in [-0.2, 0) is 65.4 Å². The minimum Gasteiger partial charge on any atom is -0.462 e. The van der Waals surface area contributed by atoms with E-state index in [1.165, 1.54) is 205 Å².